The molecule has 2 aromatic rings. The molecule has 0 saturated carbocycles. The second-order valence-corrected chi connectivity index (χ2v) is 3.35. The smallest absolute Gasteiger partial charge is 0.234 e. The van der Waals surface area contributed by atoms with Crippen LogP contribution in [0, 0.1) is 0 Å². The van der Waals surface area contributed by atoms with Crippen molar-refractivity contribution in [3.8, 4) is 5.13 Å². The maximum Gasteiger partial charge on any atom is 0.234 e. The summed E-state index contributed by atoms with van der Waals surface area (Å²) in [5.41, 5.74) is 6.95. The highest BCUT2D eigenvalue weighted by atomic mass is 32.1. The molecule has 0 atom stereocenters. The molecule has 2 aromatic heterocycles. The predicted octanol–water partition coefficient (Wildman–Crippen LogP) is -0.247. The van der Waals surface area contributed by atoms with Gasteiger partial charge in [0.15, 0.2) is 0 Å². The minimum absolute atomic E-state index is 0.170. The van der Waals surface area contributed by atoms with Crippen LogP contribution in [0.1, 0.15) is 5.82 Å². The molecule has 2 heterocycles. The van der Waals surface area contributed by atoms with Crippen LogP contribution in [0.5, 0.6) is 0 Å². The van der Waals surface area contributed by atoms with Crippen LogP contribution >= 0.6 is 23.6 Å². The van der Waals surface area contributed by atoms with E-state index in [0.717, 1.165) is 0 Å². The Morgan fingerprint density at radius 1 is 1.62 bits per heavy atom. The van der Waals surface area contributed by atoms with Gasteiger partial charge < -0.3 is 5.73 Å². The van der Waals surface area contributed by atoms with Crippen molar-refractivity contribution in [2.75, 3.05) is 0 Å². The summed E-state index contributed by atoms with van der Waals surface area (Å²) in [7, 11) is 0. The Hall–Kier alpha value is -1.41. The average Bonchev–Trinajstić information content (AvgIpc) is 2.75. The first kappa shape index (κ1) is 8.20. The fourth-order valence-corrected chi connectivity index (χ4v) is 1.31. The van der Waals surface area contributed by atoms with Crippen LogP contribution in [0.4, 0.5) is 0 Å². The van der Waals surface area contributed by atoms with Crippen molar-refractivity contribution < 1.29 is 0 Å². The van der Waals surface area contributed by atoms with Crippen LogP contribution in [0.2, 0.25) is 0 Å². The zero-order valence-electron chi connectivity index (χ0n) is 6.28. The first-order chi connectivity index (χ1) is 6.27. The molecule has 0 aliphatic rings. The molecule has 0 saturated heterocycles. The lowest BCUT2D eigenvalue weighted by atomic mass is 10.6. The highest BCUT2D eigenvalue weighted by Crippen LogP contribution is 2.06. The molecular formula is C5H4N6S2. The molecule has 8 heteroatoms. The van der Waals surface area contributed by atoms with E-state index in [1.54, 1.807) is 5.51 Å². The van der Waals surface area contributed by atoms with Gasteiger partial charge in [-0.3, -0.25) is 0 Å². The van der Waals surface area contributed by atoms with E-state index in [2.05, 4.69) is 20.3 Å². The summed E-state index contributed by atoms with van der Waals surface area (Å²) in [6.45, 7) is 0. The number of nitrogens with two attached hydrogens (primary N) is 1. The molecule has 0 aromatic carbocycles. The number of hydrogen-bond acceptors (Lipinski definition) is 6. The van der Waals surface area contributed by atoms with Gasteiger partial charge in [-0.2, -0.15) is 4.68 Å². The van der Waals surface area contributed by atoms with E-state index < -0.39 is 0 Å². The van der Waals surface area contributed by atoms with Gasteiger partial charge in [-0.05, 0) is 0 Å². The van der Waals surface area contributed by atoms with E-state index >= 15 is 0 Å². The van der Waals surface area contributed by atoms with Crippen molar-refractivity contribution in [1.82, 2.24) is 25.0 Å². The van der Waals surface area contributed by atoms with Gasteiger partial charge in [-0.25, -0.2) is 4.98 Å². The Morgan fingerprint density at radius 3 is 3.00 bits per heavy atom. The van der Waals surface area contributed by atoms with Gasteiger partial charge in [0, 0.05) is 0 Å². The minimum atomic E-state index is 0.170. The highest BCUT2D eigenvalue weighted by molar-refractivity contribution is 7.80. The molecule has 0 spiro atoms. The largest absolute Gasteiger partial charge is 0.387 e. The van der Waals surface area contributed by atoms with Gasteiger partial charge in [-0.1, -0.05) is 23.6 Å². The van der Waals surface area contributed by atoms with Crippen molar-refractivity contribution in [1.29, 1.82) is 0 Å². The lowest BCUT2D eigenvalue weighted by Crippen LogP contribution is -2.12. The summed E-state index contributed by atoms with van der Waals surface area (Å²) >= 11 is 6.07. The molecule has 0 radical (unpaired) electrons. The summed E-state index contributed by atoms with van der Waals surface area (Å²) in [4.78, 5) is 4.07. The van der Waals surface area contributed by atoms with Gasteiger partial charge in [-0.15, -0.1) is 15.3 Å². The number of hydrogen-bond donors (Lipinski definition) is 1. The number of nitrogens with zero attached hydrogens (tertiary/aromatic N) is 5. The summed E-state index contributed by atoms with van der Waals surface area (Å²) < 4.78 is 1.48. The molecule has 0 fully saturated rings. The molecule has 2 rings (SSSR count). The molecule has 6 nitrogen and oxygen atoms in total. The highest BCUT2D eigenvalue weighted by Gasteiger charge is 2.06. The molecule has 13 heavy (non-hydrogen) atoms. The van der Waals surface area contributed by atoms with E-state index in [4.69, 9.17) is 18.0 Å². The Bertz CT molecular complexity index is 418. The molecule has 0 bridgehead atoms. The second kappa shape index (κ2) is 3.15. The number of aromatic nitrogens is 5. The van der Waals surface area contributed by atoms with E-state index in [-0.39, 0.29) is 4.99 Å². The molecule has 2 N–H and O–H groups in total. The first-order valence-corrected chi connectivity index (χ1v) is 4.54. The van der Waals surface area contributed by atoms with E-state index in [9.17, 15) is 0 Å². The Balaban J connectivity index is 2.39. The van der Waals surface area contributed by atoms with Gasteiger partial charge >= 0.3 is 0 Å². The van der Waals surface area contributed by atoms with Gasteiger partial charge in [0.1, 0.15) is 16.8 Å². The quantitative estimate of drug-likeness (QED) is 0.691. The fourth-order valence-electron chi connectivity index (χ4n) is 0.735. The minimum Gasteiger partial charge on any atom is -0.387 e. The summed E-state index contributed by atoms with van der Waals surface area (Å²) in [6, 6.07) is 0. The van der Waals surface area contributed by atoms with E-state index in [1.807, 2.05) is 0 Å². The molecule has 66 valence electrons. The first-order valence-electron chi connectivity index (χ1n) is 3.25. The normalized spacial score (nSPS) is 10.2. The number of thiocarbonyl (C=S) groups is 1. The topological polar surface area (TPSA) is 82.5 Å². The molecule has 0 aliphatic carbocycles. The van der Waals surface area contributed by atoms with Crippen LogP contribution in [0.25, 0.3) is 5.13 Å². The Morgan fingerprint density at radius 2 is 2.46 bits per heavy atom. The van der Waals surface area contributed by atoms with Crippen molar-refractivity contribution in [3.63, 3.8) is 0 Å². The number of rotatable bonds is 2. The lowest BCUT2D eigenvalue weighted by molar-refractivity contribution is 0.842. The van der Waals surface area contributed by atoms with Crippen molar-refractivity contribution in [2.45, 2.75) is 0 Å². The van der Waals surface area contributed by atoms with Gasteiger partial charge in [0.2, 0.25) is 11.0 Å². The molecular weight excluding hydrogens is 208 g/mol. The zero-order chi connectivity index (χ0) is 9.26. The third-order valence-electron chi connectivity index (χ3n) is 1.26. The molecule has 0 aliphatic heterocycles. The van der Waals surface area contributed by atoms with Crippen LogP contribution in [0.3, 0.4) is 0 Å². The maximum absolute atomic E-state index is 5.34. The van der Waals surface area contributed by atoms with Crippen molar-refractivity contribution in [2.24, 2.45) is 5.73 Å². The summed E-state index contributed by atoms with van der Waals surface area (Å²) in [5, 5.41) is 12.1. The second-order valence-electron chi connectivity index (χ2n) is 2.10. The van der Waals surface area contributed by atoms with Crippen LogP contribution in [0.15, 0.2) is 11.8 Å². The predicted molar refractivity (Wildman–Crippen MR) is 50.7 cm³/mol. The SMILES string of the molecule is NC(=S)c1ncn(-c2nncs2)n1. The van der Waals surface area contributed by atoms with E-state index in [1.165, 1.54) is 22.3 Å². The van der Waals surface area contributed by atoms with Crippen molar-refractivity contribution in [3.05, 3.63) is 17.7 Å². The monoisotopic (exact) mass is 212 g/mol. The molecule has 0 amide bonds. The average molecular weight is 212 g/mol. The Kier molecular flexibility index (Phi) is 1.99. The van der Waals surface area contributed by atoms with Gasteiger partial charge in [0.05, 0.1) is 0 Å². The summed E-state index contributed by atoms with van der Waals surface area (Å²) in [5.74, 6) is 0.338. The lowest BCUT2D eigenvalue weighted by Gasteiger charge is -1.89. The maximum atomic E-state index is 5.34. The van der Waals surface area contributed by atoms with Gasteiger partial charge in [0.25, 0.3) is 0 Å². The zero-order valence-corrected chi connectivity index (χ0v) is 7.92. The standard InChI is InChI=1S/C5H4N6S2/c6-3(12)4-7-1-11(10-4)5-9-8-2-13-5/h1-2H,(H2,6,12). The third kappa shape index (κ3) is 1.53. The van der Waals surface area contributed by atoms with Crippen LogP contribution in [-0.4, -0.2) is 30.0 Å². The van der Waals surface area contributed by atoms with Crippen molar-refractivity contribution >= 4 is 28.5 Å². The molecule has 0 unspecified atom stereocenters. The third-order valence-corrected chi connectivity index (χ3v) is 2.12. The van der Waals surface area contributed by atoms with E-state index in [0.29, 0.717) is 11.0 Å². The van der Waals surface area contributed by atoms with Crippen LogP contribution < -0.4 is 5.73 Å². The Labute approximate surface area is 82.4 Å². The fraction of sp³-hybridized carbons (Fsp3) is 0. The summed E-state index contributed by atoms with van der Waals surface area (Å²) in [6.07, 6.45) is 1.50. The van der Waals surface area contributed by atoms with Crippen LogP contribution in [-0.2, 0) is 0 Å².